The molecule has 1 atom stereocenters. The van der Waals surface area contributed by atoms with Gasteiger partial charge in [-0.2, -0.15) is 0 Å². The van der Waals surface area contributed by atoms with Gasteiger partial charge in [-0.25, -0.2) is 0 Å². The standard InChI is InChI=1S/C18H34N4O2.HI/c1-14(2)13-22-9-5-6-16(22)12-20-18(19-3)21-10-7-15(8-11-21)17(23)24-4;/h14-16H,5-13H2,1-4H3,(H,19,20);1H/t16-;/m1./s1. The van der Waals surface area contributed by atoms with Crippen LogP contribution in [0.2, 0.25) is 0 Å². The van der Waals surface area contributed by atoms with E-state index in [1.54, 1.807) is 0 Å². The predicted octanol–water partition coefficient (Wildman–Crippen LogP) is 2.19. The molecular weight excluding hydrogens is 431 g/mol. The van der Waals surface area contributed by atoms with Crippen LogP contribution in [0.4, 0.5) is 0 Å². The number of esters is 1. The van der Waals surface area contributed by atoms with Gasteiger partial charge in [0.25, 0.3) is 0 Å². The third-order valence-electron chi connectivity index (χ3n) is 5.14. The molecule has 146 valence electrons. The molecule has 6 nitrogen and oxygen atoms in total. The van der Waals surface area contributed by atoms with Gasteiger partial charge in [-0.3, -0.25) is 14.7 Å². The number of likely N-dealkylation sites (tertiary alicyclic amines) is 2. The third-order valence-corrected chi connectivity index (χ3v) is 5.14. The SMILES string of the molecule is CN=C(NC[C@H]1CCCN1CC(C)C)N1CCC(C(=O)OC)CC1.I. The van der Waals surface area contributed by atoms with Crippen LogP contribution in [-0.4, -0.2) is 74.7 Å². The molecule has 0 spiro atoms. The predicted molar refractivity (Wildman–Crippen MR) is 113 cm³/mol. The van der Waals surface area contributed by atoms with Gasteiger partial charge < -0.3 is 15.0 Å². The Bertz CT molecular complexity index is 437. The van der Waals surface area contributed by atoms with Crippen molar-refractivity contribution in [2.75, 3.05) is 46.9 Å². The summed E-state index contributed by atoms with van der Waals surface area (Å²) in [5.74, 6) is 1.64. The van der Waals surface area contributed by atoms with Gasteiger partial charge in [-0.05, 0) is 38.1 Å². The summed E-state index contributed by atoms with van der Waals surface area (Å²) in [4.78, 5) is 21.0. The summed E-state index contributed by atoms with van der Waals surface area (Å²) in [7, 11) is 3.31. The molecular formula is C18H35IN4O2. The molecule has 0 unspecified atom stereocenters. The maximum absolute atomic E-state index is 11.6. The fraction of sp³-hybridized carbons (Fsp3) is 0.889. The minimum atomic E-state index is -0.0760. The summed E-state index contributed by atoms with van der Waals surface area (Å²) < 4.78 is 4.86. The van der Waals surface area contributed by atoms with Gasteiger partial charge in [0.2, 0.25) is 0 Å². The first-order valence-corrected chi connectivity index (χ1v) is 9.32. The van der Waals surface area contributed by atoms with Crippen LogP contribution in [0.1, 0.15) is 39.5 Å². The molecule has 0 bridgehead atoms. The molecule has 0 aromatic rings. The van der Waals surface area contributed by atoms with Crippen molar-refractivity contribution in [2.45, 2.75) is 45.6 Å². The van der Waals surface area contributed by atoms with E-state index in [9.17, 15) is 4.79 Å². The lowest BCUT2D eigenvalue weighted by Gasteiger charge is -2.34. The highest BCUT2D eigenvalue weighted by atomic mass is 127. The Kier molecular flexibility index (Phi) is 10.1. The minimum Gasteiger partial charge on any atom is -0.469 e. The van der Waals surface area contributed by atoms with Gasteiger partial charge in [-0.15, -0.1) is 24.0 Å². The van der Waals surface area contributed by atoms with Gasteiger partial charge >= 0.3 is 5.97 Å². The first-order valence-electron chi connectivity index (χ1n) is 9.32. The Morgan fingerprint density at radius 1 is 1.24 bits per heavy atom. The second kappa shape index (κ2) is 11.2. The largest absolute Gasteiger partial charge is 0.469 e. The summed E-state index contributed by atoms with van der Waals surface area (Å²) in [6.07, 6.45) is 4.25. The molecule has 0 amide bonds. The number of hydrogen-bond donors (Lipinski definition) is 1. The van der Waals surface area contributed by atoms with Crippen molar-refractivity contribution in [1.29, 1.82) is 0 Å². The number of piperidine rings is 1. The smallest absolute Gasteiger partial charge is 0.308 e. The second-order valence-corrected chi connectivity index (χ2v) is 7.40. The van der Waals surface area contributed by atoms with E-state index in [-0.39, 0.29) is 35.9 Å². The molecule has 0 saturated carbocycles. The van der Waals surface area contributed by atoms with Gasteiger partial charge in [-0.1, -0.05) is 13.8 Å². The van der Waals surface area contributed by atoms with E-state index in [4.69, 9.17) is 4.74 Å². The van der Waals surface area contributed by atoms with Crippen LogP contribution < -0.4 is 5.32 Å². The van der Waals surface area contributed by atoms with E-state index in [2.05, 4.69) is 34.0 Å². The van der Waals surface area contributed by atoms with Crippen molar-refractivity contribution in [3.05, 3.63) is 0 Å². The van der Waals surface area contributed by atoms with Crippen LogP contribution in [0, 0.1) is 11.8 Å². The van der Waals surface area contributed by atoms with E-state index in [1.165, 1.54) is 33.0 Å². The first kappa shape index (κ1) is 22.5. The van der Waals surface area contributed by atoms with Gasteiger partial charge in [0, 0.05) is 39.3 Å². The molecule has 7 heteroatoms. The van der Waals surface area contributed by atoms with Gasteiger partial charge in [0.15, 0.2) is 5.96 Å². The molecule has 0 aromatic heterocycles. The van der Waals surface area contributed by atoms with E-state index in [0.717, 1.165) is 38.4 Å². The number of halogens is 1. The topological polar surface area (TPSA) is 57.2 Å². The van der Waals surface area contributed by atoms with Crippen molar-refractivity contribution < 1.29 is 9.53 Å². The molecule has 2 heterocycles. The molecule has 1 N–H and O–H groups in total. The maximum Gasteiger partial charge on any atom is 0.308 e. The van der Waals surface area contributed by atoms with Crippen LogP contribution in [0.3, 0.4) is 0 Å². The van der Waals surface area contributed by atoms with Crippen molar-refractivity contribution in [3.8, 4) is 0 Å². The normalized spacial score (nSPS) is 22.8. The van der Waals surface area contributed by atoms with E-state index in [0.29, 0.717) is 12.0 Å². The zero-order chi connectivity index (χ0) is 17.5. The highest BCUT2D eigenvalue weighted by molar-refractivity contribution is 14.0. The average Bonchev–Trinajstić information content (AvgIpc) is 3.01. The fourth-order valence-electron chi connectivity index (χ4n) is 3.87. The van der Waals surface area contributed by atoms with Crippen LogP contribution in [-0.2, 0) is 9.53 Å². The van der Waals surface area contributed by atoms with Crippen molar-refractivity contribution in [2.24, 2.45) is 16.8 Å². The Balaban J connectivity index is 0.00000312. The fourth-order valence-corrected chi connectivity index (χ4v) is 3.87. The van der Waals surface area contributed by atoms with Crippen molar-refractivity contribution in [1.82, 2.24) is 15.1 Å². The van der Waals surface area contributed by atoms with Crippen LogP contribution in [0.5, 0.6) is 0 Å². The summed E-state index contributed by atoms with van der Waals surface area (Å²) in [5, 5.41) is 3.56. The zero-order valence-corrected chi connectivity index (χ0v) is 18.5. The zero-order valence-electron chi connectivity index (χ0n) is 16.2. The first-order chi connectivity index (χ1) is 11.5. The highest BCUT2D eigenvalue weighted by Gasteiger charge is 2.28. The molecule has 2 aliphatic heterocycles. The number of methoxy groups -OCH3 is 1. The quantitative estimate of drug-likeness (QED) is 0.292. The number of rotatable bonds is 5. The number of ether oxygens (including phenoxy) is 1. The lowest BCUT2D eigenvalue weighted by atomic mass is 9.97. The summed E-state index contributed by atoms with van der Waals surface area (Å²) in [6, 6.07) is 0.608. The van der Waals surface area contributed by atoms with Crippen molar-refractivity contribution >= 4 is 35.9 Å². The number of hydrogen-bond acceptors (Lipinski definition) is 4. The average molecular weight is 466 g/mol. The van der Waals surface area contributed by atoms with Crippen molar-refractivity contribution in [3.63, 3.8) is 0 Å². The molecule has 2 rings (SSSR count). The molecule has 0 aromatic carbocycles. The number of aliphatic imine (C=N–C) groups is 1. The summed E-state index contributed by atoms with van der Waals surface area (Å²) >= 11 is 0. The summed E-state index contributed by atoms with van der Waals surface area (Å²) in [5.41, 5.74) is 0. The number of nitrogens with one attached hydrogen (secondary N) is 1. The van der Waals surface area contributed by atoms with E-state index in [1.807, 2.05) is 7.05 Å². The molecule has 2 saturated heterocycles. The van der Waals surface area contributed by atoms with Crippen LogP contribution in [0.25, 0.3) is 0 Å². The lowest BCUT2D eigenvalue weighted by molar-refractivity contribution is -0.146. The van der Waals surface area contributed by atoms with E-state index < -0.39 is 0 Å². The maximum atomic E-state index is 11.6. The van der Waals surface area contributed by atoms with Gasteiger partial charge in [0.05, 0.1) is 13.0 Å². The van der Waals surface area contributed by atoms with Crippen LogP contribution in [0.15, 0.2) is 4.99 Å². The number of carbonyl (C=O) groups excluding carboxylic acids is 1. The molecule has 2 aliphatic rings. The minimum absolute atomic E-state index is 0. The highest BCUT2D eigenvalue weighted by Crippen LogP contribution is 2.20. The van der Waals surface area contributed by atoms with E-state index >= 15 is 0 Å². The molecule has 2 fully saturated rings. The molecule has 0 aliphatic carbocycles. The number of nitrogens with zero attached hydrogens (tertiary/aromatic N) is 3. The van der Waals surface area contributed by atoms with Crippen LogP contribution >= 0.6 is 24.0 Å². The summed E-state index contributed by atoms with van der Waals surface area (Å²) in [6.45, 7) is 9.64. The number of carbonyl (C=O) groups is 1. The molecule has 0 radical (unpaired) electrons. The Labute approximate surface area is 169 Å². The lowest BCUT2D eigenvalue weighted by Crippen LogP contribution is -2.50. The third kappa shape index (κ3) is 6.58. The Hall–Kier alpha value is -0.570. The molecule has 25 heavy (non-hydrogen) atoms. The van der Waals surface area contributed by atoms with Gasteiger partial charge in [0.1, 0.15) is 0 Å². The Morgan fingerprint density at radius 2 is 1.92 bits per heavy atom. The second-order valence-electron chi connectivity index (χ2n) is 7.40. The number of guanidine groups is 1. The Morgan fingerprint density at radius 3 is 2.48 bits per heavy atom. The monoisotopic (exact) mass is 466 g/mol.